The Kier molecular flexibility index (Phi) is 3.61. The van der Waals surface area contributed by atoms with E-state index in [1.54, 1.807) is 6.07 Å². The van der Waals surface area contributed by atoms with Gasteiger partial charge in [0.15, 0.2) is 5.75 Å². The maximum atomic E-state index is 12.1. The topological polar surface area (TPSA) is 101 Å². The highest BCUT2D eigenvalue weighted by atomic mass is 32.2. The number of tetrazole rings is 1. The van der Waals surface area contributed by atoms with Gasteiger partial charge in [0.1, 0.15) is 0 Å². The van der Waals surface area contributed by atoms with E-state index in [0.717, 1.165) is 0 Å². The minimum atomic E-state index is -4.81. The Bertz CT molecular complexity index is 684. The van der Waals surface area contributed by atoms with Gasteiger partial charge in [0.25, 0.3) is 0 Å². The van der Waals surface area contributed by atoms with Crippen molar-refractivity contribution in [3.05, 3.63) is 24.3 Å². The molecule has 0 saturated heterocycles. The second-order valence-electron chi connectivity index (χ2n) is 3.79. The first-order chi connectivity index (χ1) is 9.25. The first kappa shape index (κ1) is 14.2. The molecule has 0 fully saturated rings. The number of rotatable bonds is 4. The summed E-state index contributed by atoms with van der Waals surface area (Å²) in [6, 6.07) is 5.64. The predicted octanol–water partition coefficient (Wildman–Crippen LogP) is 1.17. The number of alkyl halides is 3. The molecule has 0 radical (unpaired) electrons. The highest BCUT2D eigenvalue weighted by molar-refractivity contribution is 7.92. The van der Waals surface area contributed by atoms with Crippen LogP contribution < -0.4 is 4.72 Å². The van der Waals surface area contributed by atoms with E-state index in [2.05, 4.69) is 20.6 Å². The Hall–Kier alpha value is -2.17. The van der Waals surface area contributed by atoms with E-state index in [0.29, 0.717) is 5.56 Å². The van der Waals surface area contributed by atoms with Crippen LogP contribution in [0.25, 0.3) is 11.4 Å². The van der Waals surface area contributed by atoms with Gasteiger partial charge in [-0.2, -0.15) is 18.4 Å². The Labute approximate surface area is 111 Å². The van der Waals surface area contributed by atoms with Crippen LogP contribution in [-0.2, 0) is 10.0 Å². The molecule has 1 aromatic carbocycles. The summed E-state index contributed by atoms with van der Waals surface area (Å²) >= 11 is 0. The van der Waals surface area contributed by atoms with Crippen molar-refractivity contribution in [3.8, 4) is 11.4 Å². The van der Waals surface area contributed by atoms with Crippen molar-refractivity contribution in [1.29, 1.82) is 0 Å². The molecule has 2 N–H and O–H groups in total. The highest BCUT2D eigenvalue weighted by Gasteiger charge is 2.35. The number of H-pyrrole nitrogens is 1. The molecule has 11 heteroatoms. The molecule has 0 aliphatic heterocycles. The third kappa shape index (κ3) is 3.91. The molecule has 0 aliphatic carbocycles. The van der Waals surface area contributed by atoms with Crippen LogP contribution in [0.2, 0.25) is 0 Å². The van der Waals surface area contributed by atoms with Gasteiger partial charge in [0.2, 0.25) is 15.8 Å². The third-order valence-corrected chi connectivity index (χ3v) is 3.35. The van der Waals surface area contributed by atoms with Crippen molar-refractivity contribution in [2.45, 2.75) is 6.18 Å². The fourth-order valence-corrected chi connectivity index (χ4v) is 2.43. The number of halogens is 3. The van der Waals surface area contributed by atoms with Crippen LogP contribution in [0, 0.1) is 0 Å². The number of anilines is 1. The Balaban J connectivity index is 2.21. The summed E-state index contributed by atoms with van der Waals surface area (Å²) in [7, 11) is -4.52. The second kappa shape index (κ2) is 5.07. The summed E-state index contributed by atoms with van der Waals surface area (Å²) in [5.41, 5.74) is 0.391. The van der Waals surface area contributed by atoms with Crippen LogP contribution >= 0.6 is 0 Å². The van der Waals surface area contributed by atoms with Gasteiger partial charge in [-0.05, 0) is 17.3 Å². The van der Waals surface area contributed by atoms with Gasteiger partial charge in [-0.1, -0.05) is 12.1 Å². The first-order valence-electron chi connectivity index (χ1n) is 5.16. The molecule has 7 nitrogen and oxygen atoms in total. The van der Waals surface area contributed by atoms with E-state index in [1.807, 2.05) is 4.72 Å². The summed E-state index contributed by atoms with van der Waals surface area (Å²) in [5.74, 6) is -1.76. The van der Waals surface area contributed by atoms with E-state index in [-0.39, 0.29) is 11.5 Å². The fourth-order valence-electron chi connectivity index (χ4n) is 1.44. The van der Waals surface area contributed by atoms with E-state index in [4.69, 9.17) is 0 Å². The highest BCUT2D eigenvalue weighted by Crippen LogP contribution is 2.22. The lowest BCUT2D eigenvalue weighted by molar-refractivity contribution is -0.106. The number of aromatic nitrogens is 4. The molecule has 0 atom stereocenters. The molecule has 0 saturated carbocycles. The Morgan fingerprint density at radius 2 is 2.05 bits per heavy atom. The molecule has 0 amide bonds. The van der Waals surface area contributed by atoms with Crippen molar-refractivity contribution < 1.29 is 21.6 Å². The van der Waals surface area contributed by atoms with Gasteiger partial charge in [-0.3, -0.25) is 4.72 Å². The number of aromatic amines is 1. The summed E-state index contributed by atoms with van der Waals surface area (Å²) < 4.78 is 60.8. The summed E-state index contributed by atoms with van der Waals surface area (Å²) in [6.45, 7) is 0. The molecule has 0 aliphatic rings. The van der Waals surface area contributed by atoms with Crippen LogP contribution in [0.3, 0.4) is 0 Å². The average Bonchev–Trinajstić information content (AvgIpc) is 2.78. The number of nitrogens with zero attached hydrogens (tertiary/aromatic N) is 3. The molecule has 2 rings (SSSR count). The predicted molar refractivity (Wildman–Crippen MR) is 63.1 cm³/mol. The lowest BCUT2D eigenvalue weighted by atomic mass is 10.2. The molecular formula is C9H8F3N5O2S. The maximum absolute atomic E-state index is 12.1. The van der Waals surface area contributed by atoms with E-state index < -0.39 is 22.0 Å². The van der Waals surface area contributed by atoms with Crippen LogP contribution in [0.5, 0.6) is 0 Å². The van der Waals surface area contributed by atoms with E-state index >= 15 is 0 Å². The normalized spacial score (nSPS) is 12.3. The maximum Gasteiger partial charge on any atom is 0.404 e. The molecule has 20 heavy (non-hydrogen) atoms. The monoisotopic (exact) mass is 307 g/mol. The minimum absolute atomic E-state index is 0.0171. The molecule has 1 aromatic heterocycles. The Morgan fingerprint density at radius 3 is 2.65 bits per heavy atom. The molecule has 108 valence electrons. The van der Waals surface area contributed by atoms with Crippen LogP contribution in [-0.4, -0.2) is 41.0 Å². The van der Waals surface area contributed by atoms with E-state index in [1.165, 1.54) is 18.2 Å². The number of hydrogen-bond acceptors (Lipinski definition) is 5. The lowest BCUT2D eigenvalue weighted by Gasteiger charge is -2.10. The van der Waals surface area contributed by atoms with Gasteiger partial charge < -0.3 is 0 Å². The van der Waals surface area contributed by atoms with Crippen LogP contribution in [0.1, 0.15) is 0 Å². The van der Waals surface area contributed by atoms with E-state index in [9.17, 15) is 21.6 Å². The quantitative estimate of drug-likeness (QED) is 0.883. The lowest BCUT2D eigenvalue weighted by Crippen LogP contribution is -2.27. The number of nitrogens with one attached hydrogen (secondary N) is 2. The largest absolute Gasteiger partial charge is 0.404 e. The number of hydrogen-bond donors (Lipinski definition) is 2. The average molecular weight is 307 g/mol. The van der Waals surface area contributed by atoms with Gasteiger partial charge in [-0.15, -0.1) is 10.2 Å². The summed E-state index contributed by atoms with van der Waals surface area (Å²) in [5, 5.41) is 12.9. The Morgan fingerprint density at radius 1 is 1.30 bits per heavy atom. The van der Waals surface area contributed by atoms with Crippen molar-refractivity contribution in [3.63, 3.8) is 0 Å². The zero-order chi connectivity index (χ0) is 14.8. The van der Waals surface area contributed by atoms with Crippen molar-refractivity contribution in [2.24, 2.45) is 0 Å². The van der Waals surface area contributed by atoms with Gasteiger partial charge in [-0.25, -0.2) is 8.42 Å². The third-order valence-electron chi connectivity index (χ3n) is 2.09. The zero-order valence-corrected chi connectivity index (χ0v) is 10.5. The molecule has 0 unspecified atom stereocenters. The SMILES string of the molecule is O=S(=O)(CC(F)(F)F)Nc1cccc(-c2nn[nH]n2)c1. The second-order valence-corrected chi connectivity index (χ2v) is 5.51. The molecule has 0 spiro atoms. The standard InChI is InChI=1S/C9H8F3N5O2S/c10-9(11,12)5-20(18,19)15-7-3-1-2-6(4-7)8-13-16-17-14-8/h1-4,15H,5H2,(H,13,14,16,17). The van der Waals surface area contributed by atoms with Gasteiger partial charge >= 0.3 is 6.18 Å². The smallest absolute Gasteiger partial charge is 0.283 e. The van der Waals surface area contributed by atoms with Gasteiger partial charge in [0, 0.05) is 11.3 Å². The number of benzene rings is 1. The minimum Gasteiger partial charge on any atom is -0.283 e. The van der Waals surface area contributed by atoms with Gasteiger partial charge in [0.05, 0.1) is 0 Å². The first-order valence-corrected chi connectivity index (χ1v) is 6.81. The van der Waals surface area contributed by atoms with Crippen molar-refractivity contribution in [2.75, 3.05) is 10.5 Å². The molecule has 1 heterocycles. The number of sulfonamides is 1. The fraction of sp³-hybridized carbons (Fsp3) is 0.222. The molecule has 0 bridgehead atoms. The molecular weight excluding hydrogens is 299 g/mol. The van der Waals surface area contributed by atoms with Crippen LogP contribution in [0.4, 0.5) is 18.9 Å². The zero-order valence-electron chi connectivity index (χ0n) is 9.72. The van der Waals surface area contributed by atoms with Crippen LogP contribution in [0.15, 0.2) is 24.3 Å². The van der Waals surface area contributed by atoms with Crippen molar-refractivity contribution in [1.82, 2.24) is 20.6 Å². The molecule has 2 aromatic rings. The summed E-state index contributed by atoms with van der Waals surface area (Å²) in [4.78, 5) is 0. The summed E-state index contributed by atoms with van der Waals surface area (Å²) in [6.07, 6.45) is -4.81. The van der Waals surface area contributed by atoms with Crippen molar-refractivity contribution >= 4 is 15.7 Å².